The molecule has 0 N–H and O–H groups in total. The number of hydrogen-bond donors (Lipinski definition) is 0. The summed E-state index contributed by atoms with van der Waals surface area (Å²) in [5, 5.41) is 8.60. The van der Waals surface area contributed by atoms with Gasteiger partial charge in [-0.05, 0) is 19.3 Å². The second kappa shape index (κ2) is 6.20. The molecule has 1 saturated carbocycles. The zero-order valence-electron chi connectivity index (χ0n) is 14.9. The van der Waals surface area contributed by atoms with Crippen molar-refractivity contribution in [2.75, 3.05) is 4.90 Å². The van der Waals surface area contributed by atoms with Crippen LogP contribution < -0.4 is 4.90 Å². The molecular formula is C20H22N6. The van der Waals surface area contributed by atoms with Crippen molar-refractivity contribution in [3.63, 3.8) is 0 Å². The van der Waals surface area contributed by atoms with E-state index in [1.165, 1.54) is 25.7 Å². The Morgan fingerprint density at radius 2 is 1.92 bits per heavy atom. The van der Waals surface area contributed by atoms with Gasteiger partial charge in [0.25, 0.3) is 0 Å². The molecule has 2 aliphatic rings. The molecule has 0 unspecified atom stereocenters. The average molecular weight is 346 g/mol. The zero-order valence-corrected chi connectivity index (χ0v) is 14.9. The van der Waals surface area contributed by atoms with E-state index in [1.807, 2.05) is 24.4 Å². The molecule has 6 heteroatoms. The number of hydrogen-bond acceptors (Lipinski definition) is 5. The first-order chi connectivity index (χ1) is 12.9. The highest BCUT2D eigenvalue weighted by atomic mass is 15.4. The molecule has 1 aliphatic carbocycles. The molecule has 1 aromatic carbocycles. The van der Waals surface area contributed by atoms with Crippen molar-refractivity contribution in [2.45, 2.75) is 51.1 Å². The Morgan fingerprint density at radius 3 is 2.69 bits per heavy atom. The molecule has 3 heterocycles. The van der Waals surface area contributed by atoms with Crippen LogP contribution in [0.3, 0.4) is 0 Å². The molecular weight excluding hydrogens is 324 g/mol. The van der Waals surface area contributed by atoms with Crippen molar-refractivity contribution in [2.24, 2.45) is 0 Å². The first-order valence-corrected chi connectivity index (χ1v) is 9.48. The van der Waals surface area contributed by atoms with Crippen LogP contribution >= 0.6 is 0 Å². The molecule has 26 heavy (non-hydrogen) atoms. The van der Waals surface area contributed by atoms with Gasteiger partial charge in [-0.3, -0.25) is 4.57 Å². The molecule has 0 saturated heterocycles. The van der Waals surface area contributed by atoms with Crippen molar-refractivity contribution in [1.82, 2.24) is 24.7 Å². The van der Waals surface area contributed by atoms with Crippen LogP contribution in [0.5, 0.6) is 0 Å². The Morgan fingerprint density at radius 1 is 1.12 bits per heavy atom. The summed E-state index contributed by atoms with van der Waals surface area (Å²) >= 11 is 0. The van der Waals surface area contributed by atoms with E-state index < -0.39 is 0 Å². The fourth-order valence-electron chi connectivity index (χ4n) is 4.37. The lowest BCUT2D eigenvalue weighted by molar-refractivity contribution is 0.469. The van der Waals surface area contributed by atoms with Gasteiger partial charge in [0.15, 0.2) is 17.5 Å². The number of benzene rings is 1. The number of fused-ring (bicyclic) bond motifs is 3. The van der Waals surface area contributed by atoms with Gasteiger partial charge in [-0.25, -0.2) is 9.97 Å². The Kier molecular flexibility index (Phi) is 3.69. The van der Waals surface area contributed by atoms with Crippen molar-refractivity contribution in [3.05, 3.63) is 48.7 Å². The van der Waals surface area contributed by atoms with Gasteiger partial charge in [0.1, 0.15) is 12.0 Å². The van der Waals surface area contributed by atoms with Gasteiger partial charge in [-0.1, -0.05) is 50.1 Å². The van der Waals surface area contributed by atoms with Gasteiger partial charge in [-0.2, -0.15) is 0 Å². The summed E-state index contributed by atoms with van der Waals surface area (Å²) in [7, 11) is 0. The summed E-state index contributed by atoms with van der Waals surface area (Å²) in [5.74, 6) is 2.80. The Balaban J connectivity index is 1.69. The molecule has 0 spiro atoms. The molecule has 0 bridgehead atoms. The normalized spacial score (nSPS) is 19.4. The van der Waals surface area contributed by atoms with Gasteiger partial charge in [-0.15, -0.1) is 10.2 Å². The van der Waals surface area contributed by atoms with E-state index in [1.54, 1.807) is 6.33 Å². The van der Waals surface area contributed by atoms with Crippen molar-refractivity contribution in [1.29, 1.82) is 0 Å². The van der Waals surface area contributed by atoms with Crippen molar-refractivity contribution < 1.29 is 0 Å². The fourth-order valence-corrected chi connectivity index (χ4v) is 4.37. The standard InChI is InChI=1S/C20H22N6/c1-2-16-20-24-22-13-25(20)17-12-21-18(14-8-4-3-5-9-14)23-19(17)26(16)15-10-6-7-11-15/h3-5,8-9,12-13,15-16H,2,6-7,10-11H2,1H3/t16-/m1/s1. The maximum atomic E-state index is 5.02. The van der Waals surface area contributed by atoms with Crippen LogP contribution in [0.15, 0.2) is 42.9 Å². The molecule has 5 rings (SSSR count). The summed E-state index contributed by atoms with van der Waals surface area (Å²) in [6, 6.07) is 10.9. The molecule has 2 aromatic heterocycles. The van der Waals surface area contributed by atoms with Crippen molar-refractivity contribution in [3.8, 4) is 17.1 Å². The summed E-state index contributed by atoms with van der Waals surface area (Å²) in [6.45, 7) is 2.22. The minimum Gasteiger partial charge on any atom is -0.342 e. The predicted molar refractivity (Wildman–Crippen MR) is 100 cm³/mol. The highest BCUT2D eigenvalue weighted by Crippen LogP contribution is 2.42. The monoisotopic (exact) mass is 346 g/mol. The van der Waals surface area contributed by atoms with Crippen LogP contribution in [-0.4, -0.2) is 30.8 Å². The first kappa shape index (κ1) is 15.5. The molecule has 132 valence electrons. The van der Waals surface area contributed by atoms with Crippen LogP contribution in [-0.2, 0) is 0 Å². The number of anilines is 1. The van der Waals surface area contributed by atoms with Gasteiger partial charge >= 0.3 is 0 Å². The van der Waals surface area contributed by atoms with Crippen LogP contribution in [0.25, 0.3) is 17.1 Å². The van der Waals surface area contributed by atoms with Gasteiger partial charge < -0.3 is 4.90 Å². The lowest BCUT2D eigenvalue weighted by Crippen LogP contribution is -2.42. The van der Waals surface area contributed by atoms with E-state index in [4.69, 9.17) is 4.98 Å². The Bertz CT molecular complexity index is 913. The summed E-state index contributed by atoms with van der Waals surface area (Å²) in [6.07, 6.45) is 9.70. The minimum atomic E-state index is 0.214. The highest BCUT2D eigenvalue weighted by Gasteiger charge is 2.38. The molecule has 6 nitrogen and oxygen atoms in total. The van der Waals surface area contributed by atoms with E-state index in [9.17, 15) is 0 Å². The zero-order chi connectivity index (χ0) is 17.5. The third-order valence-electron chi connectivity index (χ3n) is 5.60. The van der Waals surface area contributed by atoms with Gasteiger partial charge in [0.2, 0.25) is 0 Å². The van der Waals surface area contributed by atoms with E-state index in [0.717, 1.165) is 35.1 Å². The quantitative estimate of drug-likeness (QED) is 0.719. The maximum absolute atomic E-state index is 5.02. The molecule has 1 fully saturated rings. The third-order valence-corrected chi connectivity index (χ3v) is 5.60. The molecule has 0 radical (unpaired) electrons. The van der Waals surface area contributed by atoms with Crippen molar-refractivity contribution >= 4 is 5.82 Å². The van der Waals surface area contributed by atoms with Gasteiger partial charge in [0.05, 0.1) is 12.2 Å². The number of nitrogens with zero attached hydrogens (tertiary/aromatic N) is 6. The van der Waals surface area contributed by atoms with Crippen LogP contribution in [0.1, 0.15) is 50.9 Å². The first-order valence-electron chi connectivity index (χ1n) is 9.48. The average Bonchev–Trinajstić information content (AvgIpc) is 3.39. The molecule has 1 aliphatic heterocycles. The predicted octanol–water partition coefficient (Wildman–Crippen LogP) is 3.94. The number of aromatic nitrogens is 5. The molecule has 3 aromatic rings. The van der Waals surface area contributed by atoms with Crippen LogP contribution in [0.2, 0.25) is 0 Å². The fraction of sp³-hybridized carbons (Fsp3) is 0.400. The second-order valence-corrected chi connectivity index (χ2v) is 7.10. The summed E-state index contributed by atoms with van der Waals surface area (Å²) < 4.78 is 2.06. The highest BCUT2D eigenvalue weighted by molar-refractivity contribution is 5.66. The largest absolute Gasteiger partial charge is 0.342 e. The van der Waals surface area contributed by atoms with E-state index in [0.29, 0.717) is 6.04 Å². The van der Waals surface area contributed by atoms with E-state index >= 15 is 0 Å². The lowest BCUT2D eigenvalue weighted by Gasteiger charge is -2.40. The summed E-state index contributed by atoms with van der Waals surface area (Å²) in [4.78, 5) is 12.2. The Labute approximate surface area is 152 Å². The third kappa shape index (κ3) is 2.32. The molecule has 0 amide bonds. The Hall–Kier alpha value is -2.76. The van der Waals surface area contributed by atoms with Crippen LogP contribution in [0, 0.1) is 0 Å². The van der Waals surface area contributed by atoms with E-state index in [2.05, 4.69) is 43.7 Å². The second-order valence-electron chi connectivity index (χ2n) is 7.10. The molecule has 1 atom stereocenters. The maximum Gasteiger partial charge on any atom is 0.161 e. The van der Waals surface area contributed by atoms with Gasteiger partial charge in [0, 0.05) is 11.6 Å². The smallest absolute Gasteiger partial charge is 0.161 e. The topological polar surface area (TPSA) is 59.7 Å². The number of rotatable bonds is 3. The SMILES string of the molecule is CC[C@@H]1c2nncn2-c2cnc(-c3ccccc3)nc2N1C1CCCC1. The lowest BCUT2D eigenvalue weighted by atomic mass is 10.0. The van der Waals surface area contributed by atoms with E-state index in [-0.39, 0.29) is 6.04 Å². The summed E-state index contributed by atoms with van der Waals surface area (Å²) in [5.41, 5.74) is 2.03. The minimum absolute atomic E-state index is 0.214. The van der Waals surface area contributed by atoms with Crippen LogP contribution in [0.4, 0.5) is 5.82 Å².